The highest BCUT2D eigenvalue weighted by Gasteiger charge is 2.20. The molecule has 0 aliphatic rings. The third kappa shape index (κ3) is 3.00. The maximum Gasteiger partial charge on any atom is 0.326 e. The van der Waals surface area contributed by atoms with Crippen LogP contribution in [0.1, 0.15) is 18.0 Å². The van der Waals surface area contributed by atoms with Crippen LogP contribution < -0.4 is 0 Å². The lowest BCUT2D eigenvalue weighted by molar-refractivity contribution is -0.141. The minimum absolute atomic E-state index is 0.547. The van der Waals surface area contributed by atoms with Gasteiger partial charge in [-0.1, -0.05) is 41.9 Å². The molecule has 0 aliphatic carbocycles. The molecule has 112 valence electrons. The molecule has 0 aliphatic heterocycles. The number of aromatic nitrogens is 1. The van der Waals surface area contributed by atoms with Gasteiger partial charge in [0.25, 0.3) is 0 Å². The number of halogens is 1. The van der Waals surface area contributed by atoms with Crippen molar-refractivity contribution < 1.29 is 9.90 Å². The van der Waals surface area contributed by atoms with E-state index in [9.17, 15) is 9.90 Å². The molecule has 4 heteroatoms. The molecular formula is C18H16ClNO2. The second-order valence-electron chi connectivity index (χ2n) is 5.30. The Balaban J connectivity index is 1.88. The van der Waals surface area contributed by atoms with Crippen LogP contribution in [0.25, 0.3) is 10.9 Å². The van der Waals surface area contributed by atoms with Gasteiger partial charge in [0.1, 0.15) is 6.04 Å². The topological polar surface area (TPSA) is 42.2 Å². The third-order valence-electron chi connectivity index (χ3n) is 3.85. The van der Waals surface area contributed by atoms with Crippen molar-refractivity contribution in [2.24, 2.45) is 0 Å². The fourth-order valence-electron chi connectivity index (χ4n) is 2.74. The van der Waals surface area contributed by atoms with Gasteiger partial charge in [-0.05, 0) is 42.7 Å². The van der Waals surface area contributed by atoms with Crippen molar-refractivity contribution in [3.8, 4) is 0 Å². The molecule has 1 aromatic heterocycles. The van der Waals surface area contributed by atoms with Crippen LogP contribution in [0.4, 0.5) is 0 Å². The number of benzene rings is 2. The van der Waals surface area contributed by atoms with Crippen LogP contribution in [0.2, 0.25) is 5.02 Å². The van der Waals surface area contributed by atoms with Gasteiger partial charge in [-0.2, -0.15) is 0 Å². The lowest BCUT2D eigenvalue weighted by Gasteiger charge is -2.16. The summed E-state index contributed by atoms with van der Waals surface area (Å²) >= 11 is 5.99. The molecule has 1 heterocycles. The number of hydrogen-bond acceptors (Lipinski definition) is 1. The predicted molar refractivity (Wildman–Crippen MR) is 88.4 cm³/mol. The van der Waals surface area contributed by atoms with Crippen molar-refractivity contribution in [3.05, 3.63) is 71.4 Å². The summed E-state index contributed by atoms with van der Waals surface area (Å²) in [5, 5.41) is 11.2. The summed E-state index contributed by atoms with van der Waals surface area (Å²) in [6.45, 7) is 0. The molecule has 3 aromatic rings. The number of carboxylic acids is 1. The Morgan fingerprint density at radius 3 is 2.64 bits per heavy atom. The van der Waals surface area contributed by atoms with Crippen LogP contribution >= 0.6 is 11.6 Å². The molecule has 0 spiro atoms. The van der Waals surface area contributed by atoms with Gasteiger partial charge in [0, 0.05) is 22.1 Å². The molecule has 3 nitrogen and oxygen atoms in total. The zero-order valence-electron chi connectivity index (χ0n) is 11.9. The molecule has 0 fully saturated rings. The van der Waals surface area contributed by atoms with E-state index in [-0.39, 0.29) is 0 Å². The first-order valence-corrected chi connectivity index (χ1v) is 7.56. The number of nitrogens with zero attached hydrogens (tertiary/aromatic N) is 1. The summed E-state index contributed by atoms with van der Waals surface area (Å²) in [5.41, 5.74) is 2.04. The van der Waals surface area contributed by atoms with E-state index in [0.29, 0.717) is 11.4 Å². The number of rotatable bonds is 5. The van der Waals surface area contributed by atoms with Crippen molar-refractivity contribution in [2.45, 2.75) is 18.9 Å². The fraction of sp³-hybridized carbons (Fsp3) is 0.167. The Kier molecular flexibility index (Phi) is 4.16. The molecule has 0 bridgehead atoms. The molecule has 1 N–H and O–H groups in total. The first-order chi connectivity index (χ1) is 10.6. The summed E-state index contributed by atoms with van der Waals surface area (Å²) in [4.78, 5) is 11.7. The van der Waals surface area contributed by atoms with Gasteiger partial charge in [0.05, 0.1) is 0 Å². The first kappa shape index (κ1) is 14.7. The highest BCUT2D eigenvalue weighted by Crippen LogP contribution is 2.26. The second kappa shape index (κ2) is 6.24. The van der Waals surface area contributed by atoms with Crippen LogP contribution in [0.3, 0.4) is 0 Å². The van der Waals surface area contributed by atoms with Gasteiger partial charge in [0.2, 0.25) is 0 Å². The van der Waals surface area contributed by atoms with Crippen molar-refractivity contribution in [2.75, 3.05) is 0 Å². The maximum absolute atomic E-state index is 11.7. The average Bonchev–Trinajstić information content (AvgIpc) is 2.91. The van der Waals surface area contributed by atoms with Crippen molar-refractivity contribution >= 4 is 28.5 Å². The summed E-state index contributed by atoms with van der Waals surface area (Å²) < 4.78 is 1.82. The smallest absolute Gasteiger partial charge is 0.326 e. The Labute approximate surface area is 133 Å². The van der Waals surface area contributed by atoms with Gasteiger partial charge >= 0.3 is 5.97 Å². The Morgan fingerprint density at radius 2 is 1.91 bits per heavy atom. The standard InChI is InChI=1S/C18H16ClNO2/c19-15-7-9-16-14(12-15)10-11-20(16)17(18(21)22)8-6-13-4-2-1-3-5-13/h1-5,7,9-12,17H,6,8H2,(H,21,22). The number of aliphatic carboxylic acids is 1. The largest absolute Gasteiger partial charge is 0.480 e. The van der Waals surface area contributed by atoms with Crippen LogP contribution in [0.5, 0.6) is 0 Å². The molecular weight excluding hydrogens is 298 g/mol. The number of aryl methyl sites for hydroxylation is 1. The SMILES string of the molecule is O=C(O)C(CCc1ccccc1)n1ccc2cc(Cl)ccc21. The summed E-state index contributed by atoms with van der Waals surface area (Å²) in [6.07, 6.45) is 3.10. The Hall–Kier alpha value is -2.26. The average molecular weight is 314 g/mol. The van der Waals surface area contributed by atoms with E-state index in [2.05, 4.69) is 0 Å². The molecule has 22 heavy (non-hydrogen) atoms. The van der Waals surface area contributed by atoms with E-state index < -0.39 is 12.0 Å². The molecule has 1 unspecified atom stereocenters. The Bertz CT molecular complexity index is 795. The van der Waals surface area contributed by atoms with Gasteiger partial charge in [-0.15, -0.1) is 0 Å². The molecule has 0 amide bonds. The predicted octanol–water partition coefficient (Wildman–Crippen LogP) is 4.55. The highest BCUT2D eigenvalue weighted by atomic mass is 35.5. The van der Waals surface area contributed by atoms with E-state index in [1.165, 1.54) is 0 Å². The van der Waals surface area contributed by atoms with E-state index in [1.54, 1.807) is 6.07 Å². The molecule has 0 saturated heterocycles. The number of carbonyl (C=O) groups is 1. The summed E-state index contributed by atoms with van der Waals surface area (Å²) in [6, 6.07) is 16.8. The van der Waals surface area contributed by atoms with Crippen LogP contribution in [-0.4, -0.2) is 15.6 Å². The van der Waals surface area contributed by atoms with Crippen LogP contribution in [0.15, 0.2) is 60.8 Å². The van der Waals surface area contributed by atoms with E-state index in [4.69, 9.17) is 11.6 Å². The molecule has 3 rings (SSSR count). The summed E-state index contributed by atoms with van der Waals surface area (Å²) in [7, 11) is 0. The van der Waals surface area contributed by atoms with E-state index in [1.807, 2.05) is 59.3 Å². The fourth-order valence-corrected chi connectivity index (χ4v) is 2.92. The second-order valence-corrected chi connectivity index (χ2v) is 5.74. The first-order valence-electron chi connectivity index (χ1n) is 7.18. The lowest BCUT2D eigenvalue weighted by Crippen LogP contribution is -2.19. The molecule has 0 saturated carbocycles. The van der Waals surface area contributed by atoms with E-state index in [0.717, 1.165) is 22.9 Å². The van der Waals surface area contributed by atoms with E-state index >= 15 is 0 Å². The molecule has 0 radical (unpaired) electrons. The monoisotopic (exact) mass is 313 g/mol. The quantitative estimate of drug-likeness (QED) is 0.750. The van der Waals surface area contributed by atoms with Crippen LogP contribution in [-0.2, 0) is 11.2 Å². The van der Waals surface area contributed by atoms with Crippen molar-refractivity contribution in [1.82, 2.24) is 4.57 Å². The minimum atomic E-state index is -0.816. The zero-order chi connectivity index (χ0) is 15.5. The van der Waals surface area contributed by atoms with Gasteiger partial charge < -0.3 is 9.67 Å². The molecule has 2 aromatic carbocycles. The molecule has 1 atom stereocenters. The Morgan fingerprint density at radius 1 is 1.14 bits per heavy atom. The van der Waals surface area contributed by atoms with Crippen molar-refractivity contribution in [1.29, 1.82) is 0 Å². The number of hydrogen-bond donors (Lipinski definition) is 1. The summed E-state index contributed by atoms with van der Waals surface area (Å²) in [5.74, 6) is -0.816. The number of fused-ring (bicyclic) bond motifs is 1. The van der Waals surface area contributed by atoms with Crippen LogP contribution in [0, 0.1) is 0 Å². The zero-order valence-corrected chi connectivity index (χ0v) is 12.7. The van der Waals surface area contributed by atoms with Gasteiger partial charge in [0.15, 0.2) is 0 Å². The third-order valence-corrected chi connectivity index (χ3v) is 4.09. The maximum atomic E-state index is 11.7. The van der Waals surface area contributed by atoms with Gasteiger partial charge in [-0.25, -0.2) is 4.79 Å². The normalized spacial score (nSPS) is 12.4. The van der Waals surface area contributed by atoms with Crippen molar-refractivity contribution in [3.63, 3.8) is 0 Å². The highest BCUT2D eigenvalue weighted by molar-refractivity contribution is 6.31. The number of carboxylic acid groups (broad SMARTS) is 1. The lowest BCUT2D eigenvalue weighted by atomic mass is 10.1. The van der Waals surface area contributed by atoms with Gasteiger partial charge in [-0.3, -0.25) is 0 Å². The minimum Gasteiger partial charge on any atom is -0.480 e.